The normalized spacial score (nSPS) is 31.8. The van der Waals surface area contributed by atoms with E-state index < -0.39 is 0 Å². The molecule has 0 amide bonds. The van der Waals surface area contributed by atoms with Crippen molar-refractivity contribution in [2.75, 3.05) is 13.7 Å². The molecule has 1 aromatic rings. The number of benzene rings is 1. The van der Waals surface area contributed by atoms with Crippen molar-refractivity contribution in [3.05, 3.63) is 41.0 Å². The molecule has 1 aromatic carbocycles. The van der Waals surface area contributed by atoms with Crippen molar-refractivity contribution < 1.29 is 14.6 Å². The number of ether oxygens (including phenoxy) is 1. The van der Waals surface area contributed by atoms with E-state index in [0.717, 1.165) is 63.5 Å². The van der Waals surface area contributed by atoms with Gasteiger partial charge in [0.05, 0.1) is 12.7 Å². The van der Waals surface area contributed by atoms with Gasteiger partial charge in [0.1, 0.15) is 11.5 Å². The summed E-state index contributed by atoms with van der Waals surface area (Å²) in [7, 11) is 2.27. The molecule has 210 valence electrons. The number of nitrogens with zero attached hydrogens (tertiary/aromatic N) is 1. The van der Waals surface area contributed by atoms with E-state index in [4.69, 9.17) is 4.74 Å². The van der Waals surface area contributed by atoms with E-state index in [1.54, 1.807) is 5.57 Å². The standard InChI is InChI=1S/C34H51NO3/c1-5-25(6-2)35(4)32(7-3)24-9-8-10-27(22-24)38-20-19-34-18-17-29-28-14-12-26(36)21-23(28)11-13-30(29)31(34)15-16-33(34)37/h8-10,22,25,29-33,37H,5-7,11-21H2,1-4H3/t29?,30?,31?,32?,33-,34+/m0/s1. The molecule has 0 radical (unpaired) electrons. The molecule has 5 rings (SSSR count). The van der Waals surface area contributed by atoms with E-state index in [0.29, 0.717) is 42.2 Å². The van der Waals surface area contributed by atoms with Crippen LogP contribution in [0.2, 0.25) is 0 Å². The fourth-order valence-corrected chi connectivity index (χ4v) is 9.36. The number of hydrogen-bond donors (Lipinski definition) is 1. The van der Waals surface area contributed by atoms with Crippen LogP contribution in [0.5, 0.6) is 5.75 Å². The highest BCUT2D eigenvalue weighted by Gasteiger charge is 2.57. The Morgan fingerprint density at radius 1 is 1.05 bits per heavy atom. The van der Waals surface area contributed by atoms with E-state index in [1.807, 2.05) is 0 Å². The molecule has 4 aliphatic rings. The first kappa shape index (κ1) is 27.9. The van der Waals surface area contributed by atoms with Gasteiger partial charge in [-0.2, -0.15) is 0 Å². The van der Waals surface area contributed by atoms with Gasteiger partial charge in [0, 0.05) is 30.3 Å². The summed E-state index contributed by atoms with van der Waals surface area (Å²) in [4.78, 5) is 14.6. The molecule has 4 heteroatoms. The third kappa shape index (κ3) is 5.12. The van der Waals surface area contributed by atoms with E-state index in [1.165, 1.54) is 36.8 Å². The highest BCUT2D eigenvalue weighted by Crippen LogP contribution is 2.62. The van der Waals surface area contributed by atoms with Gasteiger partial charge in [-0.15, -0.1) is 0 Å². The molecule has 0 saturated heterocycles. The molecule has 0 heterocycles. The first-order valence-corrected chi connectivity index (χ1v) is 15.8. The van der Waals surface area contributed by atoms with Crippen LogP contribution in [0, 0.1) is 23.2 Å². The van der Waals surface area contributed by atoms with E-state index in [9.17, 15) is 9.90 Å². The van der Waals surface area contributed by atoms with Crippen molar-refractivity contribution >= 4 is 5.78 Å². The van der Waals surface area contributed by atoms with E-state index in [2.05, 4.69) is 57.0 Å². The number of Topliss-reactive ketones (excluding diaryl/α,β-unsaturated/α-hetero) is 1. The number of ketones is 1. The minimum atomic E-state index is -0.204. The second-order valence-corrected chi connectivity index (χ2v) is 12.9. The topological polar surface area (TPSA) is 49.8 Å². The fourth-order valence-electron chi connectivity index (χ4n) is 9.36. The third-order valence-electron chi connectivity index (χ3n) is 11.3. The highest BCUT2D eigenvalue weighted by molar-refractivity contribution is 5.82. The van der Waals surface area contributed by atoms with Crippen LogP contribution in [-0.2, 0) is 4.79 Å². The maximum Gasteiger partial charge on any atom is 0.137 e. The van der Waals surface area contributed by atoms with Crippen molar-refractivity contribution in [2.45, 2.75) is 122 Å². The first-order valence-electron chi connectivity index (χ1n) is 15.8. The predicted octanol–water partition coefficient (Wildman–Crippen LogP) is 7.65. The average molecular weight is 522 g/mol. The summed E-state index contributed by atoms with van der Waals surface area (Å²) in [6, 6.07) is 9.75. The second kappa shape index (κ2) is 11.8. The van der Waals surface area contributed by atoms with Gasteiger partial charge >= 0.3 is 0 Å². The molecule has 38 heavy (non-hydrogen) atoms. The SMILES string of the molecule is CCC(CC)N(C)C(CC)c1cccc(OCC[C@]23CCC4C5=C(CCC4C2CC[C@@H]3O)CC(=O)CC5)c1. The lowest BCUT2D eigenvalue weighted by molar-refractivity contribution is -0.119. The Hall–Kier alpha value is -1.65. The van der Waals surface area contributed by atoms with Crippen LogP contribution in [0.15, 0.2) is 35.4 Å². The summed E-state index contributed by atoms with van der Waals surface area (Å²) < 4.78 is 6.45. The van der Waals surface area contributed by atoms with Crippen LogP contribution < -0.4 is 4.74 Å². The lowest BCUT2D eigenvalue weighted by Gasteiger charge is -2.52. The Labute approximate surface area is 231 Å². The number of rotatable bonds is 10. The number of aliphatic hydroxyl groups excluding tert-OH is 1. The fraction of sp³-hybridized carbons (Fsp3) is 0.735. The van der Waals surface area contributed by atoms with E-state index in [-0.39, 0.29) is 11.5 Å². The second-order valence-electron chi connectivity index (χ2n) is 12.9. The van der Waals surface area contributed by atoms with Gasteiger partial charge in [0.15, 0.2) is 0 Å². The van der Waals surface area contributed by atoms with Crippen molar-refractivity contribution in [1.82, 2.24) is 4.90 Å². The zero-order chi connectivity index (χ0) is 26.9. The van der Waals surface area contributed by atoms with Crippen LogP contribution in [0.1, 0.15) is 116 Å². The van der Waals surface area contributed by atoms with Gasteiger partial charge in [-0.25, -0.2) is 0 Å². The van der Waals surface area contributed by atoms with Gasteiger partial charge < -0.3 is 9.84 Å². The Bertz CT molecular complexity index is 1010. The molecule has 4 aliphatic carbocycles. The quantitative estimate of drug-likeness (QED) is 0.321. The van der Waals surface area contributed by atoms with Crippen LogP contribution in [-0.4, -0.2) is 41.6 Å². The van der Waals surface area contributed by atoms with Gasteiger partial charge in [0.25, 0.3) is 0 Å². The van der Waals surface area contributed by atoms with Crippen LogP contribution in [0.4, 0.5) is 0 Å². The zero-order valence-electron chi connectivity index (χ0n) is 24.4. The van der Waals surface area contributed by atoms with Crippen molar-refractivity contribution in [3.63, 3.8) is 0 Å². The molecule has 0 bridgehead atoms. The molecule has 4 unspecified atom stereocenters. The summed E-state index contributed by atoms with van der Waals surface area (Å²) in [5.74, 6) is 3.34. The van der Waals surface area contributed by atoms with E-state index >= 15 is 0 Å². The molecular formula is C34H51NO3. The zero-order valence-corrected chi connectivity index (χ0v) is 24.4. The average Bonchev–Trinajstić information content (AvgIpc) is 3.26. The monoisotopic (exact) mass is 521 g/mol. The molecule has 0 aliphatic heterocycles. The van der Waals surface area contributed by atoms with Gasteiger partial charge in [-0.3, -0.25) is 9.69 Å². The summed E-state index contributed by atoms with van der Waals surface area (Å²) in [5, 5.41) is 11.3. The van der Waals surface area contributed by atoms with Gasteiger partial charge in [-0.05, 0) is 113 Å². The predicted molar refractivity (Wildman–Crippen MR) is 154 cm³/mol. The van der Waals surface area contributed by atoms with Gasteiger partial charge in [-0.1, -0.05) is 44.1 Å². The lowest BCUT2D eigenvalue weighted by atomic mass is 9.53. The maximum atomic E-state index is 12.1. The van der Waals surface area contributed by atoms with Crippen molar-refractivity contribution in [1.29, 1.82) is 0 Å². The maximum absolute atomic E-state index is 12.1. The number of fused-ring (bicyclic) bond motifs is 4. The number of allylic oxidation sites excluding steroid dienone is 2. The Balaban J connectivity index is 1.26. The number of hydrogen-bond acceptors (Lipinski definition) is 4. The molecule has 0 spiro atoms. The van der Waals surface area contributed by atoms with Crippen LogP contribution >= 0.6 is 0 Å². The lowest BCUT2D eigenvalue weighted by Crippen LogP contribution is -2.47. The van der Waals surface area contributed by atoms with Crippen molar-refractivity contribution in [2.24, 2.45) is 23.2 Å². The molecule has 6 atom stereocenters. The van der Waals surface area contributed by atoms with Crippen LogP contribution in [0.25, 0.3) is 0 Å². The Kier molecular flexibility index (Phi) is 8.69. The number of carbonyl (C=O) groups is 1. The Morgan fingerprint density at radius 2 is 1.87 bits per heavy atom. The third-order valence-corrected chi connectivity index (χ3v) is 11.3. The number of aliphatic hydroxyl groups is 1. The summed E-state index contributed by atoms with van der Waals surface area (Å²) in [5.41, 5.74) is 4.47. The van der Waals surface area contributed by atoms with Crippen molar-refractivity contribution in [3.8, 4) is 5.75 Å². The highest BCUT2D eigenvalue weighted by atomic mass is 16.5. The molecular weight excluding hydrogens is 470 g/mol. The Morgan fingerprint density at radius 3 is 2.63 bits per heavy atom. The summed E-state index contributed by atoms with van der Waals surface area (Å²) in [6.07, 6.45) is 13.3. The summed E-state index contributed by atoms with van der Waals surface area (Å²) in [6.45, 7) is 7.53. The molecule has 2 saturated carbocycles. The minimum absolute atomic E-state index is 0.00295. The molecule has 0 aromatic heterocycles. The van der Waals surface area contributed by atoms with Gasteiger partial charge in [0.2, 0.25) is 0 Å². The largest absolute Gasteiger partial charge is 0.494 e. The minimum Gasteiger partial charge on any atom is -0.494 e. The summed E-state index contributed by atoms with van der Waals surface area (Å²) >= 11 is 0. The smallest absolute Gasteiger partial charge is 0.137 e. The molecule has 1 N–H and O–H groups in total. The first-order chi connectivity index (χ1) is 18.4. The van der Waals surface area contributed by atoms with Crippen LogP contribution in [0.3, 0.4) is 0 Å². The molecule has 4 nitrogen and oxygen atoms in total. The molecule has 2 fully saturated rings. The number of carbonyl (C=O) groups excluding carboxylic acids is 1.